The molecule has 0 aromatic carbocycles. The largest absolute Gasteiger partial charge is 0.388 e. The van der Waals surface area contributed by atoms with Crippen LogP contribution in [0.5, 0.6) is 0 Å². The van der Waals surface area contributed by atoms with E-state index < -0.39 is 11.0 Å². The van der Waals surface area contributed by atoms with Crippen molar-refractivity contribution in [1.29, 1.82) is 0 Å². The molecule has 0 bridgehead atoms. The van der Waals surface area contributed by atoms with E-state index >= 15 is 0 Å². The Morgan fingerprint density at radius 1 is 1.25 bits per heavy atom. The van der Waals surface area contributed by atoms with Gasteiger partial charge in [0.1, 0.15) is 0 Å². The summed E-state index contributed by atoms with van der Waals surface area (Å²) in [5.74, 6) is 0.558. The quantitative estimate of drug-likeness (QED) is 0.760. The van der Waals surface area contributed by atoms with E-state index in [-0.39, 0.29) is 5.91 Å². The zero-order valence-electron chi connectivity index (χ0n) is 11.6. The third kappa shape index (κ3) is 6.83. The van der Waals surface area contributed by atoms with Crippen molar-refractivity contribution in [1.82, 2.24) is 5.32 Å². The molecule has 3 heteroatoms. The lowest BCUT2D eigenvalue weighted by molar-refractivity contribution is -0.129. The molecule has 0 aromatic rings. The van der Waals surface area contributed by atoms with Crippen molar-refractivity contribution in [3.63, 3.8) is 0 Å². The predicted octanol–water partition coefficient (Wildman–Crippen LogP) is 2.34. The Hall–Kier alpha value is -0.570. The minimum Gasteiger partial charge on any atom is -0.388 e. The van der Waals surface area contributed by atoms with Gasteiger partial charge in [0.2, 0.25) is 5.91 Å². The Balaban J connectivity index is 4.04. The molecule has 3 nitrogen and oxygen atoms in total. The van der Waals surface area contributed by atoms with Gasteiger partial charge in [-0.3, -0.25) is 4.79 Å². The lowest BCUT2D eigenvalue weighted by Crippen LogP contribution is -2.44. The summed E-state index contributed by atoms with van der Waals surface area (Å²) < 4.78 is 0. The van der Waals surface area contributed by atoms with Gasteiger partial charge in [-0.1, -0.05) is 34.6 Å². The van der Waals surface area contributed by atoms with Crippen molar-refractivity contribution in [3.8, 4) is 0 Å². The van der Waals surface area contributed by atoms with Gasteiger partial charge in [0.05, 0.1) is 5.60 Å². The van der Waals surface area contributed by atoms with Gasteiger partial charge >= 0.3 is 0 Å². The first-order valence-electron chi connectivity index (χ1n) is 6.05. The van der Waals surface area contributed by atoms with Crippen LogP contribution in [0.3, 0.4) is 0 Å². The lowest BCUT2D eigenvalue weighted by atomic mass is 9.93. The molecule has 0 rings (SSSR count). The minimum absolute atomic E-state index is 0.0164. The van der Waals surface area contributed by atoms with E-state index in [9.17, 15) is 9.90 Å². The second kappa shape index (κ2) is 5.67. The molecule has 0 saturated heterocycles. The van der Waals surface area contributed by atoms with Gasteiger partial charge in [0.15, 0.2) is 0 Å². The van der Waals surface area contributed by atoms with Crippen molar-refractivity contribution in [2.24, 2.45) is 11.3 Å². The molecule has 0 fully saturated rings. The summed E-state index contributed by atoms with van der Waals surface area (Å²) in [5.41, 5.74) is -1.20. The van der Waals surface area contributed by atoms with Crippen molar-refractivity contribution >= 4 is 5.91 Å². The zero-order valence-corrected chi connectivity index (χ0v) is 11.6. The van der Waals surface area contributed by atoms with E-state index in [1.54, 1.807) is 6.92 Å². The maximum absolute atomic E-state index is 11.6. The van der Waals surface area contributed by atoms with Crippen LogP contribution in [0.1, 0.15) is 54.4 Å². The molecule has 1 atom stereocenters. The summed E-state index contributed by atoms with van der Waals surface area (Å²) >= 11 is 0. The van der Waals surface area contributed by atoms with Crippen LogP contribution >= 0.6 is 0 Å². The summed E-state index contributed by atoms with van der Waals surface area (Å²) in [4.78, 5) is 11.6. The average molecular weight is 229 g/mol. The Bertz CT molecular complexity index is 227. The van der Waals surface area contributed by atoms with Crippen molar-refractivity contribution in [2.45, 2.75) is 60.0 Å². The third-order valence-electron chi connectivity index (χ3n) is 2.57. The molecule has 1 unspecified atom stereocenters. The molecule has 96 valence electrons. The molecule has 0 aliphatic rings. The molecule has 2 N–H and O–H groups in total. The maximum atomic E-state index is 11.6. The summed E-state index contributed by atoms with van der Waals surface area (Å²) in [7, 11) is 0. The molecule has 0 aliphatic carbocycles. The van der Waals surface area contributed by atoms with Crippen LogP contribution in [0.2, 0.25) is 0 Å². The summed E-state index contributed by atoms with van der Waals surface area (Å²) in [6, 6.07) is 0. The van der Waals surface area contributed by atoms with Crippen molar-refractivity contribution in [2.75, 3.05) is 6.54 Å². The van der Waals surface area contributed by atoms with Crippen LogP contribution in [-0.4, -0.2) is 23.2 Å². The molecule has 0 radical (unpaired) electrons. The monoisotopic (exact) mass is 229 g/mol. The lowest BCUT2D eigenvalue weighted by Gasteiger charge is -2.27. The van der Waals surface area contributed by atoms with Crippen LogP contribution in [-0.2, 0) is 4.79 Å². The van der Waals surface area contributed by atoms with Gasteiger partial charge in [0.25, 0.3) is 0 Å². The van der Waals surface area contributed by atoms with Crippen LogP contribution < -0.4 is 5.32 Å². The van der Waals surface area contributed by atoms with Crippen molar-refractivity contribution in [3.05, 3.63) is 0 Å². The number of amides is 1. The van der Waals surface area contributed by atoms with Crippen LogP contribution in [0.15, 0.2) is 0 Å². The van der Waals surface area contributed by atoms with E-state index in [0.29, 0.717) is 12.5 Å². The highest BCUT2D eigenvalue weighted by Crippen LogP contribution is 2.17. The fourth-order valence-corrected chi connectivity index (χ4v) is 1.22. The minimum atomic E-state index is -0.800. The van der Waals surface area contributed by atoms with Crippen molar-refractivity contribution < 1.29 is 9.90 Å². The Morgan fingerprint density at radius 2 is 1.75 bits per heavy atom. The number of aliphatic hydroxyl groups is 1. The van der Waals surface area contributed by atoms with Crippen LogP contribution in [0.4, 0.5) is 0 Å². The van der Waals surface area contributed by atoms with Gasteiger partial charge in [-0.25, -0.2) is 0 Å². The Morgan fingerprint density at radius 3 is 2.12 bits per heavy atom. The first-order valence-corrected chi connectivity index (χ1v) is 6.05. The molecule has 0 saturated carbocycles. The maximum Gasteiger partial charge on any atom is 0.225 e. The number of carbonyl (C=O) groups excluding carboxylic acids is 1. The van der Waals surface area contributed by atoms with Gasteiger partial charge in [-0.2, -0.15) is 0 Å². The first-order chi connectivity index (χ1) is 7.04. The fraction of sp³-hybridized carbons (Fsp3) is 0.923. The van der Waals surface area contributed by atoms with Gasteiger partial charge in [-0.05, 0) is 25.7 Å². The number of hydrogen-bond donors (Lipinski definition) is 2. The Labute approximate surface area is 99.6 Å². The first kappa shape index (κ1) is 15.4. The van der Waals surface area contributed by atoms with Crippen LogP contribution in [0, 0.1) is 11.3 Å². The number of rotatable bonds is 5. The zero-order chi connectivity index (χ0) is 13.0. The molecule has 16 heavy (non-hydrogen) atoms. The number of nitrogens with one attached hydrogen (secondary N) is 1. The average Bonchev–Trinajstić information content (AvgIpc) is 2.10. The molecule has 0 spiro atoms. The summed E-state index contributed by atoms with van der Waals surface area (Å²) in [6.07, 6.45) is 1.69. The third-order valence-corrected chi connectivity index (χ3v) is 2.57. The highest BCUT2D eigenvalue weighted by atomic mass is 16.3. The Kier molecular flexibility index (Phi) is 5.47. The van der Waals surface area contributed by atoms with E-state index in [1.165, 1.54) is 0 Å². The van der Waals surface area contributed by atoms with Gasteiger partial charge < -0.3 is 10.4 Å². The van der Waals surface area contributed by atoms with E-state index in [1.807, 2.05) is 20.8 Å². The standard InChI is InChI=1S/C13H27NO2/c1-10(2)7-8-13(6,16)9-14-11(15)12(3,4)5/h10,16H,7-9H2,1-6H3,(H,14,15). The molecule has 1 amide bonds. The fourth-order valence-electron chi connectivity index (χ4n) is 1.22. The van der Waals surface area contributed by atoms with E-state index in [2.05, 4.69) is 19.2 Å². The second-order valence-electron chi connectivity index (χ2n) is 6.36. The second-order valence-corrected chi connectivity index (χ2v) is 6.36. The number of hydrogen-bond acceptors (Lipinski definition) is 2. The summed E-state index contributed by atoms with van der Waals surface area (Å²) in [6.45, 7) is 12.0. The van der Waals surface area contributed by atoms with E-state index in [4.69, 9.17) is 0 Å². The normalized spacial score (nSPS) is 16.0. The smallest absolute Gasteiger partial charge is 0.225 e. The van der Waals surface area contributed by atoms with E-state index in [0.717, 1.165) is 12.8 Å². The number of carbonyl (C=O) groups is 1. The van der Waals surface area contributed by atoms with Crippen LogP contribution in [0.25, 0.3) is 0 Å². The molecule has 0 heterocycles. The SMILES string of the molecule is CC(C)CCC(C)(O)CNC(=O)C(C)(C)C. The molecule has 0 aromatic heterocycles. The molecule has 0 aliphatic heterocycles. The van der Waals surface area contributed by atoms with Gasteiger partial charge in [0, 0.05) is 12.0 Å². The summed E-state index contributed by atoms with van der Waals surface area (Å²) in [5, 5.41) is 12.9. The predicted molar refractivity (Wildman–Crippen MR) is 67.2 cm³/mol. The topological polar surface area (TPSA) is 49.3 Å². The molecular weight excluding hydrogens is 202 g/mol. The highest BCUT2D eigenvalue weighted by Gasteiger charge is 2.25. The molecular formula is C13H27NO2. The highest BCUT2D eigenvalue weighted by molar-refractivity contribution is 5.81. The van der Waals surface area contributed by atoms with Gasteiger partial charge in [-0.15, -0.1) is 0 Å².